The smallest absolute Gasteiger partial charge is 0.137 e. The third-order valence-electron chi connectivity index (χ3n) is 3.12. The first kappa shape index (κ1) is 15.3. The molecular weight excluding hydrogens is 246 g/mol. The number of nitrogens with one attached hydrogen (secondary N) is 1. The van der Waals surface area contributed by atoms with Crippen LogP contribution in [-0.4, -0.2) is 13.7 Å². The van der Waals surface area contributed by atoms with E-state index in [1.54, 1.807) is 7.11 Å². The first-order valence-electron chi connectivity index (χ1n) is 6.79. The summed E-state index contributed by atoms with van der Waals surface area (Å²) in [4.78, 5) is 0. The molecule has 0 aliphatic carbocycles. The van der Waals surface area contributed by atoms with Gasteiger partial charge < -0.3 is 10.1 Å². The molecule has 102 valence electrons. The van der Waals surface area contributed by atoms with Gasteiger partial charge in [-0.15, -0.1) is 0 Å². The molecule has 0 bridgehead atoms. The Bertz CT molecular complexity index is 354. The van der Waals surface area contributed by atoms with E-state index in [0.717, 1.165) is 18.7 Å². The maximum atomic E-state index is 6.06. The standard InChI is InChI=1S/C15H24ClNO/c1-4-6-7-8-14(17-5-2)12-9-10-13(16)15(11-12)18-3/h9-11,14,17H,4-8H2,1-3H3. The van der Waals surface area contributed by atoms with E-state index < -0.39 is 0 Å². The average molecular weight is 270 g/mol. The van der Waals surface area contributed by atoms with Crippen molar-refractivity contribution in [2.75, 3.05) is 13.7 Å². The van der Waals surface area contributed by atoms with Gasteiger partial charge >= 0.3 is 0 Å². The molecule has 0 amide bonds. The SMILES string of the molecule is CCCCCC(NCC)c1ccc(Cl)c(OC)c1. The van der Waals surface area contributed by atoms with E-state index >= 15 is 0 Å². The van der Waals surface area contributed by atoms with Gasteiger partial charge in [0.1, 0.15) is 5.75 Å². The number of benzene rings is 1. The highest BCUT2D eigenvalue weighted by Gasteiger charge is 2.12. The first-order chi connectivity index (χ1) is 8.72. The average Bonchev–Trinajstić information content (AvgIpc) is 2.39. The van der Waals surface area contributed by atoms with Gasteiger partial charge in [0.15, 0.2) is 0 Å². The monoisotopic (exact) mass is 269 g/mol. The number of unbranched alkanes of at least 4 members (excludes halogenated alkanes) is 2. The minimum absolute atomic E-state index is 0.396. The fraction of sp³-hybridized carbons (Fsp3) is 0.600. The molecule has 0 aromatic heterocycles. The molecule has 0 saturated carbocycles. The second kappa shape index (κ2) is 8.39. The summed E-state index contributed by atoms with van der Waals surface area (Å²) in [7, 11) is 1.66. The number of ether oxygens (including phenoxy) is 1. The summed E-state index contributed by atoms with van der Waals surface area (Å²) in [6.07, 6.45) is 4.95. The molecule has 0 radical (unpaired) electrons. The van der Waals surface area contributed by atoms with Crippen molar-refractivity contribution >= 4 is 11.6 Å². The number of methoxy groups -OCH3 is 1. The molecule has 3 heteroatoms. The Morgan fingerprint density at radius 2 is 2.06 bits per heavy atom. The molecule has 0 spiro atoms. The number of hydrogen-bond acceptors (Lipinski definition) is 2. The normalized spacial score (nSPS) is 12.4. The van der Waals surface area contributed by atoms with Crippen molar-refractivity contribution in [1.82, 2.24) is 5.32 Å². The second-order valence-electron chi connectivity index (χ2n) is 4.50. The number of halogens is 1. The summed E-state index contributed by atoms with van der Waals surface area (Å²) in [5.41, 5.74) is 1.26. The Hall–Kier alpha value is -0.730. The summed E-state index contributed by atoms with van der Waals surface area (Å²) in [5.74, 6) is 0.757. The van der Waals surface area contributed by atoms with Crippen molar-refractivity contribution in [3.05, 3.63) is 28.8 Å². The van der Waals surface area contributed by atoms with Gasteiger partial charge in [0, 0.05) is 6.04 Å². The predicted octanol–water partition coefficient (Wildman–Crippen LogP) is 4.58. The van der Waals surface area contributed by atoms with E-state index in [1.807, 2.05) is 12.1 Å². The van der Waals surface area contributed by atoms with Crippen molar-refractivity contribution in [2.45, 2.75) is 45.6 Å². The molecular formula is C15H24ClNO. The van der Waals surface area contributed by atoms with Crippen LogP contribution in [0.1, 0.15) is 51.1 Å². The topological polar surface area (TPSA) is 21.3 Å². The fourth-order valence-corrected chi connectivity index (χ4v) is 2.32. The molecule has 0 saturated heterocycles. The highest BCUT2D eigenvalue weighted by Crippen LogP contribution is 2.29. The van der Waals surface area contributed by atoms with Crippen LogP contribution in [0.4, 0.5) is 0 Å². The van der Waals surface area contributed by atoms with E-state index in [1.165, 1.54) is 24.8 Å². The third-order valence-corrected chi connectivity index (χ3v) is 3.44. The van der Waals surface area contributed by atoms with Gasteiger partial charge in [0.2, 0.25) is 0 Å². The van der Waals surface area contributed by atoms with Gasteiger partial charge in [-0.05, 0) is 30.7 Å². The Morgan fingerprint density at radius 1 is 1.28 bits per heavy atom. The summed E-state index contributed by atoms with van der Waals surface area (Å²) in [6, 6.07) is 6.44. The van der Waals surface area contributed by atoms with Crippen LogP contribution in [0, 0.1) is 0 Å². The first-order valence-corrected chi connectivity index (χ1v) is 7.17. The molecule has 1 aromatic carbocycles. The molecule has 0 fully saturated rings. The summed E-state index contributed by atoms with van der Waals surface area (Å²) < 4.78 is 5.28. The molecule has 2 nitrogen and oxygen atoms in total. The predicted molar refractivity (Wildman–Crippen MR) is 78.6 cm³/mol. The van der Waals surface area contributed by atoms with Gasteiger partial charge in [-0.2, -0.15) is 0 Å². The molecule has 0 aliphatic heterocycles. The second-order valence-corrected chi connectivity index (χ2v) is 4.91. The molecule has 1 atom stereocenters. The molecule has 1 N–H and O–H groups in total. The molecule has 1 rings (SSSR count). The van der Waals surface area contributed by atoms with Gasteiger partial charge in [-0.3, -0.25) is 0 Å². The van der Waals surface area contributed by atoms with Crippen LogP contribution in [0.5, 0.6) is 5.75 Å². The number of hydrogen-bond donors (Lipinski definition) is 1. The highest BCUT2D eigenvalue weighted by atomic mass is 35.5. The molecule has 0 heterocycles. The van der Waals surface area contributed by atoms with Crippen molar-refractivity contribution in [3.8, 4) is 5.75 Å². The van der Waals surface area contributed by atoms with Gasteiger partial charge in [-0.25, -0.2) is 0 Å². The lowest BCUT2D eigenvalue weighted by molar-refractivity contribution is 0.412. The van der Waals surface area contributed by atoms with Crippen LogP contribution in [0.3, 0.4) is 0 Å². The van der Waals surface area contributed by atoms with Crippen molar-refractivity contribution in [3.63, 3.8) is 0 Å². The highest BCUT2D eigenvalue weighted by molar-refractivity contribution is 6.32. The van der Waals surface area contributed by atoms with E-state index in [9.17, 15) is 0 Å². The Balaban J connectivity index is 2.77. The summed E-state index contributed by atoms with van der Waals surface area (Å²) in [6.45, 7) is 5.34. The maximum absolute atomic E-state index is 6.06. The summed E-state index contributed by atoms with van der Waals surface area (Å²) >= 11 is 6.06. The van der Waals surface area contributed by atoms with Crippen LogP contribution in [-0.2, 0) is 0 Å². The van der Waals surface area contributed by atoms with Crippen LogP contribution < -0.4 is 10.1 Å². The zero-order chi connectivity index (χ0) is 13.4. The van der Waals surface area contributed by atoms with Crippen molar-refractivity contribution in [1.29, 1.82) is 0 Å². The summed E-state index contributed by atoms with van der Waals surface area (Å²) in [5, 5.41) is 4.20. The minimum atomic E-state index is 0.396. The zero-order valence-corrected chi connectivity index (χ0v) is 12.4. The lowest BCUT2D eigenvalue weighted by Crippen LogP contribution is -2.20. The van der Waals surface area contributed by atoms with Crippen LogP contribution >= 0.6 is 11.6 Å². The lowest BCUT2D eigenvalue weighted by Gasteiger charge is -2.19. The van der Waals surface area contributed by atoms with Crippen LogP contribution in [0.25, 0.3) is 0 Å². The van der Waals surface area contributed by atoms with E-state index in [2.05, 4.69) is 25.2 Å². The lowest BCUT2D eigenvalue weighted by atomic mass is 10.00. The molecule has 1 unspecified atom stereocenters. The Kier molecular flexibility index (Phi) is 7.14. The molecule has 1 aromatic rings. The molecule has 0 aliphatic rings. The maximum Gasteiger partial charge on any atom is 0.137 e. The Morgan fingerprint density at radius 3 is 2.67 bits per heavy atom. The fourth-order valence-electron chi connectivity index (χ4n) is 2.12. The van der Waals surface area contributed by atoms with E-state index in [4.69, 9.17) is 16.3 Å². The van der Waals surface area contributed by atoms with Gasteiger partial charge in [0.25, 0.3) is 0 Å². The Labute approximate surface area is 116 Å². The van der Waals surface area contributed by atoms with Crippen LogP contribution in [0.15, 0.2) is 18.2 Å². The minimum Gasteiger partial charge on any atom is -0.495 e. The van der Waals surface area contributed by atoms with E-state index in [-0.39, 0.29) is 0 Å². The largest absolute Gasteiger partial charge is 0.495 e. The van der Waals surface area contributed by atoms with Gasteiger partial charge in [0.05, 0.1) is 12.1 Å². The van der Waals surface area contributed by atoms with Gasteiger partial charge in [-0.1, -0.05) is 50.8 Å². The van der Waals surface area contributed by atoms with Crippen molar-refractivity contribution < 1.29 is 4.74 Å². The third kappa shape index (κ3) is 4.51. The number of rotatable bonds is 8. The quantitative estimate of drug-likeness (QED) is 0.698. The van der Waals surface area contributed by atoms with E-state index in [0.29, 0.717) is 11.1 Å². The van der Waals surface area contributed by atoms with Crippen LogP contribution in [0.2, 0.25) is 5.02 Å². The van der Waals surface area contributed by atoms with Crippen molar-refractivity contribution in [2.24, 2.45) is 0 Å². The molecule has 18 heavy (non-hydrogen) atoms. The zero-order valence-electron chi connectivity index (χ0n) is 11.6.